The van der Waals surface area contributed by atoms with Gasteiger partial charge < -0.3 is 9.47 Å². The largest absolute Gasteiger partial charge is 0.486 e. The molecule has 1 aromatic carbocycles. The van der Waals surface area contributed by atoms with E-state index in [1.807, 2.05) is 31.2 Å². The Morgan fingerprint density at radius 1 is 1.35 bits per heavy atom. The normalized spacial score (nSPS) is 17.4. The van der Waals surface area contributed by atoms with E-state index in [0.29, 0.717) is 6.61 Å². The fraction of sp³-hybridized carbons (Fsp3) is 0.400. The number of hydrogen-bond acceptors (Lipinski definition) is 5. The first kappa shape index (κ1) is 13.4. The number of ether oxygens (including phenoxy) is 2. The molecule has 0 radical (unpaired) electrons. The summed E-state index contributed by atoms with van der Waals surface area (Å²) < 4.78 is 11.7. The highest BCUT2D eigenvalue weighted by Crippen LogP contribution is 2.31. The molecule has 1 aromatic heterocycles. The number of aryl methyl sites for hydroxylation is 1. The number of aromatic nitrogens is 1. The van der Waals surface area contributed by atoms with E-state index in [1.54, 1.807) is 11.3 Å². The van der Waals surface area contributed by atoms with Crippen molar-refractivity contribution in [1.82, 2.24) is 9.88 Å². The number of hydrogen-bond donors (Lipinski definition) is 0. The summed E-state index contributed by atoms with van der Waals surface area (Å²) >= 11 is 1.70. The lowest BCUT2D eigenvalue weighted by Gasteiger charge is -2.29. The fourth-order valence-electron chi connectivity index (χ4n) is 2.27. The average Bonchev–Trinajstić information content (AvgIpc) is 2.83. The second-order valence-electron chi connectivity index (χ2n) is 5.08. The van der Waals surface area contributed by atoms with E-state index in [9.17, 15) is 0 Å². The Labute approximate surface area is 123 Å². The molecule has 0 fully saturated rings. The van der Waals surface area contributed by atoms with Crippen LogP contribution in [0.5, 0.6) is 11.5 Å². The van der Waals surface area contributed by atoms with Crippen molar-refractivity contribution in [3.05, 3.63) is 40.3 Å². The summed E-state index contributed by atoms with van der Waals surface area (Å²) in [6.45, 7) is 4.29. The second kappa shape index (κ2) is 5.81. The topological polar surface area (TPSA) is 34.6 Å². The van der Waals surface area contributed by atoms with Gasteiger partial charge in [0.25, 0.3) is 0 Å². The van der Waals surface area contributed by atoms with E-state index in [0.717, 1.165) is 35.3 Å². The van der Waals surface area contributed by atoms with Gasteiger partial charge in [0.05, 0.1) is 6.54 Å². The van der Waals surface area contributed by atoms with E-state index < -0.39 is 0 Å². The van der Waals surface area contributed by atoms with E-state index in [-0.39, 0.29) is 6.10 Å². The lowest BCUT2D eigenvalue weighted by Crippen LogP contribution is -2.39. The number of likely N-dealkylation sites (N-methyl/N-ethyl adjacent to an activating group) is 1. The van der Waals surface area contributed by atoms with Gasteiger partial charge in [-0.3, -0.25) is 4.90 Å². The first-order valence-electron chi connectivity index (χ1n) is 6.69. The summed E-state index contributed by atoms with van der Waals surface area (Å²) in [7, 11) is 2.08. The Bertz CT molecular complexity index is 585. The Hall–Kier alpha value is -1.59. The molecule has 2 heterocycles. The van der Waals surface area contributed by atoms with Crippen LogP contribution >= 0.6 is 11.3 Å². The fourth-order valence-corrected chi connectivity index (χ4v) is 3.12. The molecule has 5 heteroatoms. The molecule has 0 aliphatic carbocycles. The predicted octanol–water partition coefficient (Wildman–Crippen LogP) is 2.72. The van der Waals surface area contributed by atoms with E-state index in [4.69, 9.17) is 9.47 Å². The summed E-state index contributed by atoms with van der Waals surface area (Å²) in [6.07, 6.45) is 0.0657. The molecule has 0 saturated heterocycles. The van der Waals surface area contributed by atoms with Gasteiger partial charge in [-0.05, 0) is 26.1 Å². The molecule has 1 unspecified atom stereocenters. The van der Waals surface area contributed by atoms with E-state index in [1.165, 1.54) is 0 Å². The number of para-hydroxylation sites is 2. The maximum atomic E-state index is 5.96. The van der Waals surface area contributed by atoms with Gasteiger partial charge in [-0.25, -0.2) is 4.98 Å². The van der Waals surface area contributed by atoms with Crippen molar-refractivity contribution < 1.29 is 9.47 Å². The third-order valence-electron chi connectivity index (χ3n) is 3.15. The number of rotatable bonds is 4. The van der Waals surface area contributed by atoms with Gasteiger partial charge in [0, 0.05) is 17.6 Å². The van der Waals surface area contributed by atoms with Gasteiger partial charge in [0.2, 0.25) is 0 Å². The molecule has 3 rings (SSSR count). The van der Waals surface area contributed by atoms with Gasteiger partial charge in [0.1, 0.15) is 17.7 Å². The molecule has 1 aliphatic rings. The van der Waals surface area contributed by atoms with Crippen LogP contribution in [0.2, 0.25) is 0 Å². The molecule has 1 aliphatic heterocycles. The van der Waals surface area contributed by atoms with Crippen molar-refractivity contribution in [2.24, 2.45) is 0 Å². The van der Waals surface area contributed by atoms with Crippen molar-refractivity contribution in [2.75, 3.05) is 20.2 Å². The monoisotopic (exact) mass is 290 g/mol. The van der Waals surface area contributed by atoms with Crippen LogP contribution in [-0.2, 0) is 6.54 Å². The minimum absolute atomic E-state index is 0.0657. The van der Waals surface area contributed by atoms with Crippen molar-refractivity contribution in [3.63, 3.8) is 0 Å². The molecule has 0 N–H and O–H groups in total. The summed E-state index contributed by atoms with van der Waals surface area (Å²) in [5.74, 6) is 1.67. The quantitative estimate of drug-likeness (QED) is 0.867. The van der Waals surface area contributed by atoms with Gasteiger partial charge in [-0.1, -0.05) is 12.1 Å². The lowest BCUT2D eigenvalue weighted by molar-refractivity contribution is 0.0638. The van der Waals surface area contributed by atoms with Crippen LogP contribution in [0.3, 0.4) is 0 Å². The zero-order chi connectivity index (χ0) is 13.9. The van der Waals surface area contributed by atoms with Crippen LogP contribution in [0.4, 0.5) is 0 Å². The minimum atomic E-state index is 0.0657. The third-order valence-corrected chi connectivity index (χ3v) is 4.11. The first-order chi connectivity index (χ1) is 9.70. The standard InChI is InChI=1S/C15H18N2O2S/c1-11-10-20-15(16-11)8-17(2)7-12-9-18-13-5-3-4-6-14(13)19-12/h3-6,10,12H,7-9H2,1-2H3. The smallest absolute Gasteiger partial charge is 0.161 e. The highest BCUT2D eigenvalue weighted by molar-refractivity contribution is 7.09. The van der Waals surface area contributed by atoms with Crippen molar-refractivity contribution in [1.29, 1.82) is 0 Å². The molecular weight excluding hydrogens is 272 g/mol. The Kier molecular flexibility index (Phi) is 3.89. The molecule has 4 nitrogen and oxygen atoms in total. The van der Waals surface area contributed by atoms with Crippen LogP contribution < -0.4 is 9.47 Å². The third kappa shape index (κ3) is 3.11. The highest BCUT2D eigenvalue weighted by atomic mass is 32.1. The zero-order valence-electron chi connectivity index (χ0n) is 11.7. The molecule has 0 bridgehead atoms. The van der Waals surface area contributed by atoms with Crippen LogP contribution in [-0.4, -0.2) is 36.2 Å². The summed E-state index contributed by atoms with van der Waals surface area (Å²) in [4.78, 5) is 6.71. The maximum absolute atomic E-state index is 5.96. The number of fused-ring (bicyclic) bond motifs is 1. The molecule has 106 valence electrons. The molecule has 0 amide bonds. The van der Waals surface area contributed by atoms with E-state index >= 15 is 0 Å². The Morgan fingerprint density at radius 3 is 2.90 bits per heavy atom. The second-order valence-corrected chi connectivity index (χ2v) is 6.02. The van der Waals surface area contributed by atoms with Gasteiger partial charge in [-0.15, -0.1) is 11.3 Å². The zero-order valence-corrected chi connectivity index (χ0v) is 12.5. The number of benzene rings is 1. The molecule has 20 heavy (non-hydrogen) atoms. The van der Waals surface area contributed by atoms with Crippen molar-refractivity contribution in [2.45, 2.75) is 19.6 Å². The number of nitrogens with zero attached hydrogens (tertiary/aromatic N) is 2. The first-order valence-corrected chi connectivity index (χ1v) is 7.57. The van der Waals surface area contributed by atoms with Crippen LogP contribution in [0.1, 0.15) is 10.7 Å². The Balaban J connectivity index is 1.56. The summed E-state index contributed by atoms with van der Waals surface area (Å²) in [5.41, 5.74) is 1.09. The molecule has 0 spiro atoms. The van der Waals surface area contributed by atoms with Gasteiger partial charge in [0.15, 0.2) is 11.5 Å². The van der Waals surface area contributed by atoms with Crippen LogP contribution in [0, 0.1) is 6.92 Å². The molecule has 1 atom stereocenters. The summed E-state index contributed by atoms with van der Waals surface area (Å²) in [5, 5.41) is 3.22. The minimum Gasteiger partial charge on any atom is -0.486 e. The molecule has 0 saturated carbocycles. The average molecular weight is 290 g/mol. The van der Waals surface area contributed by atoms with Gasteiger partial charge in [-0.2, -0.15) is 0 Å². The van der Waals surface area contributed by atoms with Crippen LogP contribution in [0.25, 0.3) is 0 Å². The van der Waals surface area contributed by atoms with Crippen LogP contribution in [0.15, 0.2) is 29.6 Å². The SMILES string of the molecule is Cc1csc(CN(C)CC2COc3ccccc3O2)n1. The lowest BCUT2D eigenvalue weighted by atomic mass is 10.2. The van der Waals surface area contributed by atoms with E-state index in [2.05, 4.69) is 22.3 Å². The molecule has 2 aromatic rings. The van der Waals surface area contributed by atoms with Crippen molar-refractivity contribution >= 4 is 11.3 Å². The highest BCUT2D eigenvalue weighted by Gasteiger charge is 2.22. The number of thiazole rings is 1. The summed E-state index contributed by atoms with van der Waals surface area (Å²) in [6, 6.07) is 7.81. The van der Waals surface area contributed by atoms with Crippen molar-refractivity contribution in [3.8, 4) is 11.5 Å². The maximum Gasteiger partial charge on any atom is 0.161 e. The van der Waals surface area contributed by atoms with Gasteiger partial charge >= 0.3 is 0 Å². The predicted molar refractivity (Wildman–Crippen MR) is 79.5 cm³/mol. The molecular formula is C15H18N2O2S. The Morgan fingerprint density at radius 2 is 2.15 bits per heavy atom.